The maximum absolute atomic E-state index is 12.9. The lowest BCUT2D eigenvalue weighted by Gasteiger charge is -2.45. The highest BCUT2D eigenvalue weighted by atomic mass is 32.7. The summed E-state index contributed by atoms with van der Waals surface area (Å²) in [5.41, 5.74) is 4.52. The van der Waals surface area contributed by atoms with Gasteiger partial charge in [0.25, 0.3) is 0 Å². The second-order valence-corrected chi connectivity index (χ2v) is 12.9. The van der Waals surface area contributed by atoms with Crippen molar-refractivity contribution in [3.63, 3.8) is 0 Å². The third kappa shape index (κ3) is 6.38. The van der Waals surface area contributed by atoms with Crippen molar-refractivity contribution in [3.8, 4) is 0 Å². The second-order valence-electron chi connectivity index (χ2n) is 8.96. The Morgan fingerprint density at radius 2 is 2.03 bits per heavy atom. The van der Waals surface area contributed by atoms with E-state index in [0.717, 1.165) is 10.8 Å². The van der Waals surface area contributed by atoms with E-state index in [4.69, 9.17) is 24.8 Å². The molecule has 1 aromatic rings. The molecule has 2 aliphatic rings. The van der Waals surface area contributed by atoms with E-state index >= 15 is 0 Å². The summed E-state index contributed by atoms with van der Waals surface area (Å²) in [6.45, 7) is -5.36. The van der Waals surface area contributed by atoms with Crippen molar-refractivity contribution in [2.75, 3.05) is 18.9 Å². The van der Waals surface area contributed by atoms with Gasteiger partial charge < -0.3 is 55.8 Å². The van der Waals surface area contributed by atoms with Crippen LogP contribution in [0.2, 0.25) is 0 Å². The van der Waals surface area contributed by atoms with Gasteiger partial charge in [0.15, 0.2) is 6.23 Å². The monoisotopic (exact) mass is 587 g/mol. The molecule has 0 amide bonds. The van der Waals surface area contributed by atoms with Gasteiger partial charge in [-0.25, -0.2) is 14.2 Å². The Balaban J connectivity index is 1.74. The van der Waals surface area contributed by atoms with Crippen molar-refractivity contribution < 1.29 is 64.0 Å². The number of rotatable bonds is 10. The van der Waals surface area contributed by atoms with Crippen LogP contribution in [0, 0.1) is 5.92 Å². The molecule has 38 heavy (non-hydrogen) atoms. The lowest BCUT2D eigenvalue weighted by molar-refractivity contribution is -0.212. The third-order valence-electron chi connectivity index (χ3n) is 6.30. The summed E-state index contributed by atoms with van der Waals surface area (Å²) in [7, 11) is 0. The molecule has 19 heteroatoms. The van der Waals surface area contributed by atoms with E-state index in [9.17, 15) is 49.7 Å². The molecule has 11 atom stereocenters. The summed E-state index contributed by atoms with van der Waals surface area (Å²) in [4.78, 5) is 35.5. The fraction of sp³-hybridized carbons (Fsp3) is 0.737. The summed E-state index contributed by atoms with van der Waals surface area (Å²) < 4.78 is 29.5. The number of hydrogen-bond donors (Lipinski definition) is 9. The smallest absolute Gasteiger partial charge is 0.389 e. The van der Waals surface area contributed by atoms with Crippen molar-refractivity contribution in [3.05, 3.63) is 22.7 Å². The summed E-state index contributed by atoms with van der Waals surface area (Å²) in [5, 5.41) is 70.1. The largest absolute Gasteiger partial charge is 0.478 e. The molecule has 17 nitrogen and oxygen atoms in total. The molecule has 0 saturated carbocycles. The Morgan fingerprint density at radius 3 is 2.61 bits per heavy atom. The molecule has 1 aromatic heterocycles. The number of ether oxygens (including phenoxy) is 2. The number of aromatic nitrogens is 2. The lowest BCUT2D eigenvalue weighted by Crippen LogP contribution is -2.58. The molecule has 4 unspecified atom stereocenters. The van der Waals surface area contributed by atoms with Crippen molar-refractivity contribution in [1.29, 1.82) is 0 Å². The number of nitrogen functional groups attached to an aromatic ring is 1. The number of carboxylic acids is 1. The van der Waals surface area contributed by atoms with Crippen molar-refractivity contribution >= 4 is 30.0 Å². The first kappa shape index (κ1) is 30.9. The molecule has 2 aliphatic heterocycles. The predicted molar refractivity (Wildman–Crippen MR) is 126 cm³/mol. The number of aliphatic carboxylic acids is 1. The molecule has 0 spiro atoms. The molecule has 10 N–H and O–H groups in total. The first-order chi connectivity index (χ1) is 17.6. The number of aliphatic hydroxyl groups excluding tert-OH is 6. The van der Waals surface area contributed by atoms with E-state index in [2.05, 4.69) is 4.98 Å². The number of carbonyl (C=O) groups is 1. The first-order valence-corrected chi connectivity index (χ1v) is 14.2. The molecular formula is C19H30N3O14PS. The van der Waals surface area contributed by atoms with Crippen molar-refractivity contribution in [1.82, 2.24) is 9.55 Å². The quantitative estimate of drug-likeness (QED) is 0.120. The van der Waals surface area contributed by atoms with Crippen LogP contribution in [0.1, 0.15) is 19.6 Å². The van der Waals surface area contributed by atoms with Gasteiger partial charge in [-0.2, -0.15) is 4.98 Å². The van der Waals surface area contributed by atoms with E-state index in [-0.39, 0.29) is 17.2 Å². The van der Waals surface area contributed by atoms with E-state index < -0.39 is 97.9 Å². The van der Waals surface area contributed by atoms with E-state index in [1.165, 1.54) is 13.0 Å². The molecule has 0 aromatic carbocycles. The minimum atomic E-state index is -4.98. The van der Waals surface area contributed by atoms with Gasteiger partial charge in [0, 0.05) is 29.9 Å². The van der Waals surface area contributed by atoms with Crippen LogP contribution in [-0.4, -0.2) is 117 Å². The lowest BCUT2D eigenvalue weighted by atomic mass is 9.85. The maximum atomic E-state index is 12.9. The summed E-state index contributed by atoms with van der Waals surface area (Å²) in [5.74, 6) is -2.84. The molecule has 3 heterocycles. The van der Waals surface area contributed by atoms with Crippen LogP contribution in [0.15, 0.2) is 17.1 Å². The standard InChI is InChI=1S/C19H30N3O14PS/c1-7-8(24)4-19(17(29)30,36-15(7)12(26)9(25)5-23)38-37(32,33)34-6-10-13(27)14(28)16(35-10)22-3-2-11(20)21-18(22)31/h2-3,7-10,12-16,23-28H,4-6H2,1H3,(H,29,30)(H,32,33)(H2,20,21,31)/t7-,8-,9-,10-,12-,13+,14?,15?,16-,19?/m1/s1. The Morgan fingerprint density at radius 1 is 1.37 bits per heavy atom. The number of nitrogens with zero attached hydrogens (tertiary/aromatic N) is 2. The average molecular weight is 587 g/mol. The van der Waals surface area contributed by atoms with Crippen LogP contribution in [-0.2, 0) is 23.4 Å². The summed E-state index contributed by atoms with van der Waals surface area (Å²) >= 11 is -0.216. The van der Waals surface area contributed by atoms with Gasteiger partial charge in [0.1, 0.15) is 36.3 Å². The number of hydrogen-bond acceptors (Lipinski definition) is 15. The molecule has 3 rings (SSSR count). The van der Waals surface area contributed by atoms with Crippen LogP contribution < -0.4 is 11.4 Å². The number of anilines is 1. The zero-order valence-electron chi connectivity index (χ0n) is 19.8. The zero-order valence-corrected chi connectivity index (χ0v) is 21.5. The zero-order chi connectivity index (χ0) is 28.6. The van der Waals surface area contributed by atoms with Gasteiger partial charge in [-0.15, -0.1) is 0 Å². The summed E-state index contributed by atoms with van der Waals surface area (Å²) in [6, 6.07) is 1.24. The van der Waals surface area contributed by atoms with E-state index in [1.54, 1.807) is 0 Å². The topological polar surface area (TPSA) is 285 Å². The van der Waals surface area contributed by atoms with Crippen LogP contribution in [0.3, 0.4) is 0 Å². The second kappa shape index (κ2) is 11.8. The first-order valence-electron chi connectivity index (χ1n) is 11.2. The Hall–Kier alpha value is -1.67. The average Bonchev–Trinajstić information content (AvgIpc) is 3.12. The van der Waals surface area contributed by atoms with Gasteiger partial charge in [-0.3, -0.25) is 9.09 Å². The Kier molecular flexibility index (Phi) is 9.61. The summed E-state index contributed by atoms with van der Waals surface area (Å²) in [6.07, 6.45) is -12.5. The molecule has 0 bridgehead atoms. The number of aliphatic hydroxyl groups is 6. The molecule has 0 aliphatic carbocycles. The predicted octanol–water partition coefficient (Wildman–Crippen LogP) is -3.42. The van der Waals surface area contributed by atoms with Gasteiger partial charge in [-0.05, 0) is 6.07 Å². The Bertz CT molecular complexity index is 1110. The maximum Gasteiger partial charge on any atom is 0.389 e. The molecule has 0 radical (unpaired) electrons. The van der Waals surface area contributed by atoms with Crippen LogP contribution >= 0.6 is 18.2 Å². The van der Waals surface area contributed by atoms with Gasteiger partial charge in [-0.1, -0.05) is 6.92 Å². The van der Waals surface area contributed by atoms with E-state index in [1.807, 2.05) is 0 Å². The van der Waals surface area contributed by atoms with Crippen LogP contribution in [0.25, 0.3) is 0 Å². The highest BCUT2D eigenvalue weighted by Crippen LogP contribution is 2.64. The molecular weight excluding hydrogens is 557 g/mol. The number of nitrogens with two attached hydrogens (primary N) is 1. The minimum Gasteiger partial charge on any atom is -0.478 e. The van der Waals surface area contributed by atoms with Gasteiger partial charge >= 0.3 is 18.5 Å². The Labute approximate surface area is 218 Å². The highest BCUT2D eigenvalue weighted by molar-refractivity contribution is 8.55. The van der Waals surface area contributed by atoms with E-state index in [0.29, 0.717) is 0 Å². The molecule has 2 fully saturated rings. The van der Waals surface area contributed by atoms with Gasteiger partial charge in [0.2, 0.25) is 4.93 Å². The SMILES string of the molecule is C[C@H]1C([C@H](O)[C@H](O)CO)OC(SP(=O)(O)OC[C@H]2O[C@@H](n3ccc(N)nc3=O)C(O)[C@H]2O)(C(=O)O)C[C@H]1O. The molecule has 216 valence electrons. The van der Waals surface area contributed by atoms with Crippen molar-refractivity contribution in [2.45, 2.75) is 67.2 Å². The third-order valence-corrected chi connectivity index (χ3v) is 9.63. The fourth-order valence-corrected chi connectivity index (χ4v) is 7.38. The van der Waals surface area contributed by atoms with Crippen LogP contribution in [0.5, 0.6) is 0 Å². The van der Waals surface area contributed by atoms with Crippen LogP contribution in [0.4, 0.5) is 5.82 Å². The molecule has 2 saturated heterocycles. The van der Waals surface area contributed by atoms with Gasteiger partial charge in [0.05, 0.1) is 25.4 Å². The highest BCUT2D eigenvalue weighted by Gasteiger charge is 2.57. The number of carboxylic acid groups (broad SMARTS) is 1. The van der Waals surface area contributed by atoms with Crippen molar-refractivity contribution in [2.24, 2.45) is 5.92 Å². The fourth-order valence-electron chi connectivity index (χ4n) is 4.10. The normalized spacial score (nSPS) is 36.9. The minimum absolute atomic E-state index is 0.102.